The van der Waals surface area contributed by atoms with Crippen LogP contribution in [0.5, 0.6) is 0 Å². The topological polar surface area (TPSA) is 87.0 Å². The summed E-state index contributed by atoms with van der Waals surface area (Å²) in [6.07, 6.45) is 0.706. The Kier molecular flexibility index (Phi) is 5.19. The molecule has 0 N–H and O–H groups in total. The van der Waals surface area contributed by atoms with Crippen molar-refractivity contribution >= 4 is 46.2 Å². The number of carbonyl (C=O) groups is 3. The lowest BCUT2D eigenvalue weighted by molar-refractivity contribution is -0.137. The van der Waals surface area contributed by atoms with E-state index in [-0.39, 0.29) is 18.1 Å². The van der Waals surface area contributed by atoms with Crippen LogP contribution >= 0.6 is 23.1 Å². The lowest BCUT2D eigenvalue weighted by atomic mass is 10.3. The third-order valence-electron chi connectivity index (χ3n) is 2.79. The number of hydrogen-bond acceptors (Lipinski definition) is 8. The Hall–Kier alpha value is -1.87. The predicted molar refractivity (Wildman–Crippen MR) is 81.9 cm³/mol. The van der Waals surface area contributed by atoms with E-state index in [4.69, 9.17) is 4.74 Å². The molecule has 0 saturated carbocycles. The Labute approximate surface area is 134 Å². The van der Waals surface area contributed by atoms with Crippen molar-refractivity contribution in [3.63, 3.8) is 0 Å². The van der Waals surface area contributed by atoms with E-state index in [2.05, 4.69) is 9.84 Å². The summed E-state index contributed by atoms with van der Waals surface area (Å²) in [7, 11) is 1.30. The van der Waals surface area contributed by atoms with Crippen LogP contribution in [0, 0.1) is 6.92 Å². The fourth-order valence-electron chi connectivity index (χ4n) is 1.78. The standard InChI is InChI=1S/C13H14N2O5S2/c1-4-20-12(18)10-13(21-6-9(17)19-3)22-11-8(5-16)7(2)14-15(10)11/h5H,4,6H2,1-3H3. The summed E-state index contributed by atoms with van der Waals surface area (Å²) in [5.74, 6) is -0.888. The number of esters is 2. The number of nitrogens with zero attached hydrogens (tertiary/aromatic N) is 2. The number of thioether (sulfide) groups is 1. The zero-order chi connectivity index (χ0) is 16.3. The first kappa shape index (κ1) is 16.5. The van der Waals surface area contributed by atoms with Crippen molar-refractivity contribution in [2.45, 2.75) is 18.1 Å². The van der Waals surface area contributed by atoms with Gasteiger partial charge in [-0.1, -0.05) is 0 Å². The number of hydrogen-bond donors (Lipinski definition) is 0. The Morgan fingerprint density at radius 2 is 2.18 bits per heavy atom. The molecule has 2 aromatic rings. The van der Waals surface area contributed by atoms with Crippen LogP contribution in [0.3, 0.4) is 0 Å². The van der Waals surface area contributed by atoms with E-state index in [0.29, 0.717) is 26.6 Å². The maximum atomic E-state index is 12.2. The summed E-state index contributed by atoms with van der Waals surface area (Å²) in [5, 5.41) is 4.22. The Morgan fingerprint density at radius 1 is 1.45 bits per heavy atom. The summed E-state index contributed by atoms with van der Waals surface area (Å²) < 4.78 is 11.6. The normalized spacial score (nSPS) is 10.7. The minimum Gasteiger partial charge on any atom is -0.468 e. The number of thiazole rings is 1. The van der Waals surface area contributed by atoms with E-state index >= 15 is 0 Å². The first-order chi connectivity index (χ1) is 10.5. The van der Waals surface area contributed by atoms with Gasteiger partial charge in [0.1, 0.15) is 4.83 Å². The lowest BCUT2D eigenvalue weighted by Crippen LogP contribution is -2.10. The summed E-state index contributed by atoms with van der Waals surface area (Å²) in [6, 6.07) is 0. The molecule has 0 radical (unpaired) electrons. The third kappa shape index (κ3) is 3.00. The summed E-state index contributed by atoms with van der Waals surface area (Å²) in [4.78, 5) is 35.2. The molecule has 7 nitrogen and oxygen atoms in total. The number of methoxy groups -OCH3 is 1. The number of aryl methyl sites for hydroxylation is 1. The van der Waals surface area contributed by atoms with E-state index in [9.17, 15) is 14.4 Å². The van der Waals surface area contributed by atoms with Gasteiger partial charge >= 0.3 is 11.9 Å². The van der Waals surface area contributed by atoms with Gasteiger partial charge < -0.3 is 9.47 Å². The van der Waals surface area contributed by atoms with Crippen LogP contribution in [0.2, 0.25) is 0 Å². The molecular formula is C13H14N2O5S2. The number of aromatic nitrogens is 2. The van der Waals surface area contributed by atoms with E-state index < -0.39 is 11.9 Å². The summed E-state index contributed by atoms with van der Waals surface area (Å²) in [5.41, 5.74) is 1.20. The summed E-state index contributed by atoms with van der Waals surface area (Å²) >= 11 is 2.38. The van der Waals surface area contributed by atoms with Gasteiger partial charge in [-0.05, 0) is 13.8 Å². The van der Waals surface area contributed by atoms with Gasteiger partial charge in [0.2, 0.25) is 0 Å². The highest BCUT2D eigenvalue weighted by molar-refractivity contribution is 8.01. The monoisotopic (exact) mass is 342 g/mol. The molecule has 22 heavy (non-hydrogen) atoms. The van der Waals surface area contributed by atoms with Crippen molar-refractivity contribution in [3.8, 4) is 0 Å². The van der Waals surface area contributed by atoms with Gasteiger partial charge in [0, 0.05) is 0 Å². The molecule has 2 heterocycles. The van der Waals surface area contributed by atoms with Crippen molar-refractivity contribution in [3.05, 3.63) is 17.0 Å². The number of fused-ring (bicyclic) bond motifs is 1. The average molecular weight is 342 g/mol. The first-order valence-corrected chi connectivity index (χ1v) is 8.17. The van der Waals surface area contributed by atoms with Gasteiger partial charge in [0.25, 0.3) is 0 Å². The highest BCUT2D eigenvalue weighted by Crippen LogP contribution is 2.35. The smallest absolute Gasteiger partial charge is 0.359 e. The predicted octanol–water partition coefficient (Wildman–Crippen LogP) is 1.96. The number of ether oxygens (including phenoxy) is 2. The van der Waals surface area contributed by atoms with Crippen LogP contribution in [0.25, 0.3) is 4.83 Å². The second-order valence-corrected chi connectivity index (χ2v) is 6.40. The van der Waals surface area contributed by atoms with Gasteiger partial charge in [0.05, 0.1) is 34.9 Å². The number of rotatable bonds is 6. The molecule has 0 unspecified atom stereocenters. The van der Waals surface area contributed by atoms with Crippen molar-refractivity contribution < 1.29 is 23.9 Å². The molecule has 0 fully saturated rings. The number of aldehydes is 1. The maximum Gasteiger partial charge on any atom is 0.359 e. The molecule has 9 heteroatoms. The highest BCUT2D eigenvalue weighted by atomic mass is 32.2. The molecule has 2 rings (SSSR count). The molecule has 0 spiro atoms. The quantitative estimate of drug-likeness (QED) is 0.450. The molecule has 2 aromatic heterocycles. The molecule has 0 bridgehead atoms. The van der Waals surface area contributed by atoms with Crippen molar-refractivity contribution in [2.24, 2.45) is 0 Å². The van der Waals surface area contributed by atoms with Crippen LogP contribution in [0.15, 0.2) is 4.21 Å². The zero-order valence-electron chi connectivity index (χ0n) is 12.2. The van der Waals surface area contributed by atoms with Crippen LogP contribution < -0.4 is 0 Å². The molecule has 0 aliphatic carbocycles. The second kappa shape index (κ2) is 6.93. The van der Waals surface area contributed by atoms with Crippen LogP contribution in [-0.4, -0.2) is 47.3 Å². The van der Waals surface area contributed by atoms with E-state index in [0.717, 1.165) is 11.8 Å². The van der Waals surface area contributed by atoms with Gasteiger partial charge in [-0.15, -0.1) is 23.1 Å². The Balaban J connectivity index is 2.51. The van der Waals surface area contributed by atoms with Crippen LogP contribution in [-0.2, 0) is 14.3 Å². The van der Waals surface area contributed by atoms with Gasteiger partial charge in [-0.25, -0.2) is 9.31 Å². The van der Waals surface area contributed by atoms with Gasteiger partial charge in [0.15, 0.2) is 12.0 Å². The first-order valence-electron chi connectivity index (χ1n) is 6.37. The van der Waals surface area contributed by atoms with E-state index in [1.165, 1.54) is 23.0 Å². The molecule has 0 atom stereocenters. The molecule has 0 saturated heterocycles. The Morgan fingerprint density at radius 3 is 2.77 bits per heavy atom. The molecule has 0 aromatic carbocycles. The van der Waals surface area contributed by atoms with E-state index in [1.54, 1.807) is 13.8 Å². The largest absolute Gasteiger partial charge is 0.468 e. The molecule has 0 aliphatic heterocycles. The fraction of sp³-hybridized carbons (Fsp3) is 0.385. The van der Waals surface area contributed by atoms with Gasteiger partial charge in [-0.2, -0.15) is 5.10 Å². The lowest BCUT2D eigenvalue weighted by Gasteiger charge is -2.03. The Bertz CT molecular complexity index is 734. The highest BCUT2D eigenvalue weighted by Gasteiger charge is 2.25. The molecule has 118 valence electrons. The second-order valence-electron chi connectivity index (χ2n) is 4.16. The van der Waals surface area contributed by atoms with Crippen molar-refractivity contribution in [1.29, 1.82) is 0 Å². The maximum absolute atomic E-state index is 12.2. The van der Waals surface area contributed by atoms with Crippen molar-refractivity contribution in [2.75, 3.05) is 19.5 Å². The number of carbonyl (C=O) groups excluding carboxylic acids is 3. The van der Waals surface area contributed by atoms with Gasteiger partial charge in [-0.3, -0.25) is 9.59 Å². The fourth-order valence-corrected chi connectivity index (χ4v) is 4.07. The van der Waals surface area contributed by atoms with E-state index in [1.807, 2.05) is 0 Å². The molecule has 0 amide bonds. The van der Waals surface area contributed by atoms with Crippen molar-refractivity contribution in [1.82, 2.24) is 9.61 Å². The minimum absolute atomic E-state index is 0.0575. The zero-order valence-corrected chi connectivity index (χ0v) is 13.9. The summed E-state index contributed by atoms with van der Waals surface area (Å²) in [6.45, 7) is 3.62. The van der Waals surface area contributed by atoms with Crippen LogP contribution in [0.4, 0.5) is 0 Å². The SMILES string of the molecule is CCOC(=O)c1c(SCC(=O)OC)sc2c(C=O)c(C)nn12. The molecular weight excluding hydrogens is 328 g/mol. The molecule has 0 aliphatic rings. The minimum atomic E-state index is -0.541. The third-order valence-corrected chi connectivity index (χ3v) is 5.20. The average Bonchev–Trinajstić information content (AvgIpc) is 2.98. The van der Waals surface area contributed by atoms with Crippen LogP contribution in [0.1, 0.15) is 33.5 Å².